The predicted octanol–water partition coefficient (Wildman–Crippen LogP) is 4.77. The molecule has 39 heavy (non-hydrogen) atoms. The Balaban J connectivity index is 1.75. The molecule has 11 heteroatoms. The number of carbonyl (C=O) groups is 2. The molecule has 2 N–H and O–H groups in total. The van der Waals surface area contributed by atoms with Crippen LogP contribution in [0.2, 0.25) is 0 Å². The van der Waals surface area contributed by atoms with Crippen LogP contribution in [0.3, 0.4) is 0 Å². The van der Waals surface area contributed by atoms with E-state index in [-0.39, 0.29) is 11.8 Å². The van der Waals surface area contributed by atoms with E-state index < -0.39 is 11.3 Å². The molecule has 2 amide bonds. The summed E-state index contributed by atoms with van der Waals surface area (Å²) in [7, 11) is 3.26. The zero-order valence-corrected chi connectivity index (χ0v) is 23.6. The van der Waals surface area contributed by atoms with Crippen molar-refractivity contribution in [3.8, 4) is 17.1 Å². The van der Waals surface area contributed by atoms with E-state index in [0.717, 1.165) is 16.7 Å². The number of ether oxygens (including phenoxy) is 1. The van der Waals surface area contributed by atoms with E-state index in [1.165, 1.54) is 18.4 Å². The molecule has 1 atom stereocenters. The fraction of sp³-hybridized carbons (Fsp3) is 0.321. The van der Waals surface area contributed by atoms with Crippen LogP contribution in [0.15, 0.2) is 65.5 Å². The first-order valence-electron chi connectivity index (χ1n) is 12.5. The highest BCUT2D eigenvalue weighted by atomic mass is 32.1. The Morgan fingerprint density at radius 3 is 2.56 bits per heavy atom. The van der Waals surface area contributed by atoms with Crippen molar-refractivity contribution in [1.82, 2.24) is 25.6 Å². The van der Waals surface area contributed by atoms with Crippen LogP contribution in [0.1, 0.15) is 49.5 Å². The molecule has 10 nitrogen and oxygen atoms in total. The Kier molecular flexibility index (Phi) is 8.41. The number of hydrogen-bond acceptors (Lipinski definition) is 9. The molecular weight excluding hydrogens is 516 g/mol. The van der Waals surface area contributed by atoms with E-state index >= 15 is 0 Å². The highest BCUT2D eigenvalue weighted by Crippen LogP contribution is 2.49. The smallest absolute Gasteiger partial charge is 0.253 e. The summed E-state index contributed by atoms with van der Waals surface area (Å²) in [5, 5.41) is 11.1. The second kappa shape index (κ2) is 11.7. The lowest BCUT2D eigenvalue weighted by molar-refractivity contribution is -0.124. The van der Waals surface area contributed by atoms with Crippen LogP contribution < -0.4 is 15.5 Å². The number of nitrogens with zero attached hydrogens (tertiary/aromatic N) is 4. The number of carbonyl (C=O) groups excluding carboxylic acids is 2. The van der Waals surface area contributed by atoms with E-state index in [1.54, 1.807) is 29.6 Å². The van der Waals surface area contributed by atoms with Crippen molar-refractivity contribution in [2.75, 3.05) is 26.0 Å². The van der Waals surface area contributed by atoms with E-state index in [9.17, 15) is 9.59 Å². The van der Waals surface area contributed by atoms with E-state index in [0.29, 0.717) is 34.7 Å². The van der Waals surface area contributed by atoms with Crippen molar-refractivity contribution in [3.63, 3.8) is 0 Å². The third-order valence-corrected chi connectivity index (χ3v) is 7.26. The lowest BCUT2D eigenvalue weighted by Crippen LogP contribution is -2.40. The SMILES string of the molecule is C/C=C\C1=C(NOC)Oc2nc(-c3ccc(C(=O)N(C)CC)cc3)ccc2C1C(C)(C)C(=O)Nc1nncs1. The Bertz CT molecular complexity index is 1400. The largest absolute Gasteiger partial charge is 0.420 e. The van der Waals surface area contributed by atoms with Crippen molar-refractivity contribution in [2.45, 2.75) is 33.6 Å². The molecule has 204 valence electrons. The Hall–Kier alpha value is -4.09. The number of rotatable bonds is 9. The molecule has 0 fully saturated rings. The molecule has 0 saturated heterocycles. The van der Waals surface area contributed by atoms with Crippen LogP contribution in [0, 0.1) is 5.41 Å². The molecule has 0 aliphatic carbocycles. The number of hydroxylamine groups is 1. The second-order valence-corrected chi connectivity index (χ2v) is 10.4. The summed E-state index contributed by atoms with van der Waals surface area (Å²) in [6.07, 6.45) is 3.78. The van der Waals surface area contributed by atoms with Gasteiger partial charge in [0.15, 0.2) is 0 Å². The minimum atomic E-state index is -0.948. The maximum atomic E-state index is 13.5. The normalized spacial score (nSPS) is 15.1. The van der Waals surface area contributed by atoms with Gasteiger partial charge in [-0.1, -0.05) is 55.5 Å². The van der Waals surface area contributed by atoms with Crippen LogP contribution in [0.5, 0.6) is 5.88 Å². The van der Waals surface area contributed by atoms with Gasteiger partial charge in [-0.3, -0.25) is 14.4 Å². The molecule has 0 saturated carbocycles. The number of allylic oxidation sites excluding steroid dienone is 3. The summed E-state index contributed by atoms with van der Waals surface area (Å²) in [6.45, 7) is 8.19. The topological polar surface area (TPSA) is 119 Å². The molecule has 0 bridgehead atoms. The highest BCUT2D eigenvalue weighted by Gasteiger charge is 2.45. The number of hydrogen-bond donors (Lipinski definition) is 2. The van der Waals surface area contributed by atoms with E-state index in [1.807, 2.05) is 64.1 Å². The summed E-state index contributed by atoms with van der Waals surface area (Å²) in [5.41, 5.74) is 7.01. The number of pyridine rings is 1. The fourth-order valence-corrected chi connectivity index (χ4v) is 4.87. The average molecular weight is 549 g/mol. The monoisotopic (exact) mass is 548 g/mol. The summed E-state index contributed by atoms with van der Waals surface area (Å²) in [5.74, 6) is -0.00274. The second-order valence-electron chi connectivity index (χ2n) is 9.53. The van der Waals surface area contributed by atoms with Gasteiger partial charge in [0.2, 0.25) is 22.8 Å². The first-order valence-corrected chi connectivity index (χ1v) is 13.4. The number of fused-ring (bicyclic) bond motifs is 1. The summed E-state index contributed by atoms with van der Waals surface area (Å²) in [4.78, 5) is 37.7. The molecule has 1 unspecified atom stereocenters. The molecular formula is C28H32N6O4S. The first kappa shape index (κ1) is 27.9. The van der Waals surface area contributed by atoms with Crippen LogP contribution in [0.4, 0.5) is 5.13 Å². The number of amides is 2. The number of anilines is 1. The van der Waals surface area contributed by atoms with Gasteiger partial charge >= 0.3 is 0 Å². The zero-order chi connectivity index (χ0) is 28.2. The summed E-state index contributed by atoms with van der Waals surface area (Å²) < 4.78 is 6.19. The maximum absolute atomic E-state index is 13.5. The lowest BCUT2D eigenvalue weighted by Gasteiger charge is -2.38. The molecule has 1 aliphatic rings. The molecule has 3 heterocycles. The van der Waals surface area contributed by atoms with Gasteiger partial charge in [-0.05, 0) is 32.0 Å². The predicted molar refractivity (Wildman–Crippen MR) is 150 cm³/mol. The van der Waals surface area contributed by atoms with Gasteiger partial charge in [0, 0.05) is 41.8 Å². The van der Waals surface area contributed by atoms with Gasteiger partial charge in [-0.2, -0.15) is 0 Å². The third kappa shape index (κ3) is 5.69. The van der Waals surface area contributed by atoms with Crippen molar-refractivity contribution in [3.05, 3.63) is 76.6 Å². The summed E-state index contributed by atoms with van der Waals surface area (Å²) >= 11 is 1.25. The van der Waals surface area contributed by atoms with Crippen molar-refractivity contribution < 1.29 is 19.2 Å². The average Bonchev–Trinajstić information content (AvgIpc) is 3.45. The Morgan fingerprint density at radius 1 is 1.21 bits per heavy atom. The fourth-order valence-electron chi connectivity index (χ4n) is 4.43. The highest BCUT2D eigenvalue weighted by molar-refractivity contribution is 7.13. The first-order chi connectivity index (χ1) is 18.7. The van der Waals surface area contributed by atoms with Crippen molar-refractivity contribution in [1.29, 1.82) is 0 Å². The molecule has 4 rings (SSSR count). The van der Waals surface area contributed by atoms with Gasteiger partial charge in [0.25, 0.3) is 5.91 Å². The van der Waals surface area contributed by atoms with Gasteiger partial charge in [-0.15, -0.1) is 10.2 Å². The van der Waals surface area contributed by atoms with E-state index in [2.05, 4.69) is 21.0 Å². The number of benzene rings is 1. The quantitative estimate of drug-likeness (QED) is 0.367. The Labute approximate surface area is 231 Å². The summed E-state index contributed by atoms with van der Waals surface area (Å²) in [6, 6.07) is 11.1. The minimum absolute atomic E-state index is 0.0420. The number of aromatic nitrogens is 3. The van der Waals surface area contributed by atoms with Crippen LogP contribution in [-0.4, -0.2) is 52.6 Å². The van der Waals surface area contributed by atoms with E-state index in [4.69, 9.17) is 14.6 Å². The standard InChI is InChI=1S/C28H32N6O4S/c1-7-9-19-22(28(3,4)26(36)31-27-32-29-16-39-27)20-14-15-21(30-23(20)38-24(19)33-37-6)17-10-12-18(13-11-17)25(35)34(5)8-2/h7,9-16,22,33H,8H2,1-6H3,(H,31,32,36)/b9-7-. The molecule has 1 aromatic carbocycles. The van der Waals surface area contributed by atoms with Gasteiger partial charge in [0.1, 0.15) is 5.51 Å². The zero-order valence-electron chi connectivity index (χ0n) is 22.8. The molecule has 0 radical (unpaired) electrons. The van der Waals surface area contributed by atoms with Crippen LogP contribution in [0.25, 0.3) is 11.3 Å². The van der Waals surface area contributed by atoms with Crippen molar-refractivity contribution >= 4 is 28.3 Å². The molecule has 1 aliphatic heterocycles. The lowest BCUT2D eigenvalue weighted by atomic mass is 9.69. The molecule has 3 aromatic rings. The molecule has 2 aromatic heterocycles. The Morgan fingerprint density at radius 2 is 1.95 bits per heavy atom. The van der Waals surface area contributed by atoms with Crippen LogP contribution >= 0.6 is 11.3 Å². The third-order valence-electron chi connectivity index (χ3n) is 6.65. The number of nitrogens with one attached hydrogen (secondary N) is 2. The molecule has 0 spiro atoms. The van der Waals surface area contributed by atoms with Gasteiger partial charge in [0.05, 0.1) is 18.2 Å². The van der Waals surface area contributed by atoms with Gasteiger partial charge < -0.3 is 15.0 Å². The minimum Gasteiger partial charge on any atom is -0.420 e. The maximum Gasteiger partial charge on any atom is 0.253 e. The van der Waals surface area contributed by atoms with Crippen molar-refractivity contribution in [2.24, 2.45) is 5.41 Å². The van der Waals surface area contributed by atoms with Gasteiger partial charge in [-0.25, -0.2) is 10.5 Å². The van der Waals surface area contributed by atoms with Crippen LogP contribution in [-0.2, 0) is 9.63 Å².